The van der Waals surface area contributed by atoms with Gasteiger partial charge in [0.05, 0.1) is 18.4 Å². The Hall–Kier alpha value is -2.37. The molecule has 0 aliphatic carbocycles. The number of rotatable bonds is 7. The highest BCUT2D eigenvalue weighted by Crippen LogP contribution is 2.27. The predicted molar refractivity (Wildman–Crippen MR) is 99.2 cm³/mol. The zero-order chi connectivity index (χ0) is 19.2. The maximum Gasteiger partial charge on any atom is 0.271 e. The highest BCUT2D eigenvalue weighted by Gasteiger charge is 2.21. The number of hydrogen-bond acceptors (Lipinski definition) is 7. The second kappa shape index (κ2) is 8.83. The summed E-state index contributed by atoms with van der Waals surface area (Å²) >= 11 is 7.41. The van der Waals surface area contributed by atoms with Gasteiger partial charge in [-0.1, -0.05) is 18.5 Å². The Morgan fingerprint density at radius 3 is 2.77 bits per heavy atom. The molecule has 0 unspecified atom stereocenters. The minimum absolute atomic E-state index is 0.142. The summed E-state index contributed by atoms with van der Waals surface area (Å²) in [6, 6.07) is 3.77. The number of hydrogen-bond donors (Lipinski definition) is 1. The monoisotopic (exact) mass is 391 g/mol. The Morgan fingerprint density at radius 2 is 2.12 bits per heavy atom. The number of pyridine rings is 1. The molecular weight excluding hydrogens is 374 g/mol. The Balaban J connectivity index is 2.18. The Bertz CT molecular complexity index is 838. The van der Waals surface area contributed by atoms with E-state index in [-0.39, 0.29) is 23.3 Å². The quantitative estimate of drug-likeness (QED) is 0.723. The molecule has 0 aliphatic heterocycles. The molecule has 0 spiro atoms. The smallest absolute Gasteiger partial charge is 0.271 e. The molecule has 0 bridgehead atoms. The molecule has 2 aromatic rings. The van der Waals surface area contributed by atoms with Gasteiger partial charge in [0.15, 0.2) is 10.8 Å². The number of aromatic nitrogens is 3. The normalized spacial score (nSPS) is 10.9. The molecular formula is C17H18ClN5O2S. The topological polar surface area (TPSA) is 101 Å². The molecule has 7 nitrogen and oxygen atoms in total. The second-order valence-corrected chi connectivity index (χ2v) is 7.32. The van der Waals surface area contributed by atoms with Crippen LogP contribution >= 0.6 is 23.4 Å². The Morgan fingerprint density at radius 1 is 1.38 bits per heavy atom. The van der Waals surface area contributed by atoms with Gasteiger partial charge >= 0.3 is 0 Å². The molecule has 0 radical (unpaired) electrons. The van der Waals surface area contributed by atoms with E-state index in [0.717, 1.165) is 5.75 Å². The van der Waals surface area contributed by atoms with Gasteiger partial charge in [-0.25, -0.2) is 9.97 Å². The van der Waals surface area contributed by atoms with Crippen molar-refractivity contribution in [2.75, 3.05) is 5.75 Å². The molecule has 0 aliphatic rings. The lowest BCUT2D eigenvalue weighted by Crippen LogP contribution is -2.27. The number of halogens is 1. The highest BCUT2D eigenvalue weighted by molar-refractivity contribution is 7.99. The lowest BCUT2D eigenvalue weighted by atomic mass is 10.2. The van der Waals surface area contributed by atoms with E-state index in [9.17, 15) is 4.79 Å². The molecule has 2 aromatic heterocycles. The third kappa shape index (κ3) is 5.31. The van der Waals surface area contributed by atoms with Crippen LogP contribution in [0.1, 0.15) is 37.0 Å². The van der Waals surface area contributed by atoms with E-state index >= 15 is 0 Å². The third-order valence-electron chi connectivity index (χ3n) is 3.12. The summed E-state index contributed by atoms with van der Waals surface area (Å²) in [4.78, 5) is 25.4. The van der Waals surface area contributed by atoms with Gasteiger partial charge in [0, 0.05) is 17.3 Å². The number of amides is 1. The molecule has 0 atom stereocenters. The first-order valence-corrected chi connectivity index (χ1v) is 9.19. The van der Waals surface area contributed by atoms with Gasteiger partial charge in [0.2, 0.25) is 0 Å². The minimum Gasteiger partial charge on any atom is -0.471 e. The first-order chi connectivity index (χ1) is 12.4. The van der Waals surface area contributed by atoms with Gasteiger partial charge in [-0.05, 0) is 25.7 Å². The van der Waals surface area contributed by atoms with Crippen LogP contribution in [0.2, 0.25) is 5.15 Å². The summed E-state index contributed by atoms with van der Waals surface area (Å²) in [6.07, 6.45) is 4.42. The number of thioether (sulfide) groups is 1. The number of nitrogens with zero attached hydrogens (tertiary/aromatic N) is 4. The van der Waals surface area contributed by atoms with Crippen LogP contribution in [0, 0.1) is 11.3 Å². The first-order valence-electron chi connectivity index (χ1n) is 7.83. The standard InChI is InChI=1S/C17H18ClN5O2S/c1-4-26-13-7-11(25-17(2,3)10-19)8-22-14(13)16(24)23-9-12-15(18)21-6-5-20-12/h5-8H,4,9H2,1-3H3,(H,23,24). The van der Waals surface area contributed by atoms with Gasteiger partial charge in [-0.2, -0.15) is 5.26 Å². The maximum absolute atomic E-state index is 12.5. The van der Waals surface area contributed by atoms with Crippen molar-refractivity contribution in [3.05, 3.63) is 41.2 Å². The molecule has 136 valence electrons. The fourth-order valence-electron chi connectivity index (χ4n) is 1.95. The molecule has 0 fully saturated rings. The van der Waals surface area contributed by atoms with Crippen LogP contribution in [-0.2, 0) is 6.54 Å². The largest absolute Gasteiger partial charge is 0.471 e. The van der Waals surface area contributed by atoms with Crippen LogP contribution in [0.3, 0.4) is 0 Å². The average Bonchev–Trinajstić information content (AvgIpc) is 2.61. The molecule has 26 heavy (non-hydrogen) atoms. The van der Waals surface area contributed by atoms with Crippen molar-refractivity contribution >= 4 is 29.3 Å². The maximum atomic E-state index is 12.5. The second-order valence-electron chi connectivity index (χ2n) is 5.65. The number of carbonyl (C=O) groups is 1. The lowest BCUT2D eigenvalue weighted by Gasteiger charge is -2.19. The van der Waals surface area contributed by atoms with Crippen LogP contribution in [0.25, 0.3) is 0 Å². The van der Waals surface area contributed by atoms with Gasteiger partial charge in [0.25, 0.3) is 5.91 Å². The van der Waals surface area contributed by atoms with E-state index in [4.69, 9.17) is 21.6 Å². The molecule has 2 heterocycles. The molecule has 1 amide bonds. The van der Waals surface area contributed by atoms with Crippen molar-refractivity contribution in [2.45, 2.75) is 37.8 Å². The van der Waals surface area contributed by atoms with Crippen molar-refractivity contribution in [3.8, 4) is 11.8 Å². The molecule has 0 saturated heterocycles. The van der Waals surface area contributed by atoms with E-state index in [1.54, 1.807) is 19.9 Å². The number of nitriles is 1. The van der Waals surface area contributed by atoms with Crippen molar-refractivity contribution in [2.24, 2.45) is 0 Å². The lowest BCUT2D eigenvalue weighted by molar-refractivity contribution is 0.0942. The van der Waals surface area contributed by atoms with Gasteiger partial charge in [-0.15, -0.1) is 11.8 Å². The molecule has 2 rings (SSSR count). The SMILES string of the molecule is CCSc1cc(OC(C)(C)C#N)cnc1C(=O)NCc1nccnc1Cl. The number of carbonyl (C=O) groups excluding carboxylic acids is 1. The van der Waals surface area contributed by atoms with Gasteiger partial charge in [0.1, 0.15) is 17.5 Å². The van der Waals surface area contributed by atoms with E-state index < -0.39 is 5.60 Å². The van der Waals surface area contributed by atoms with Crippen LogP contribution in [0.5, 0.6) is 5.75 Å². The predicted octanol–water partition coefficient (Wildman–Crippen LogP) is 3.25. The molecule has 9 heteroatoms. The third-order valence-corrected chi connectivity index (χ3v) is 4.35. The fraction of sp³-hybridized carbons (Fsp3) is 0.353. The summed E-state index contributed by atoms with van der Waals surface area (Å²) < 4.78 is 5.61. The summed E-state index contributed by atoms with van der Waals surface area (Å²) in [6.45, 7) is 5.43. The van der Waals surface area contributed by atoms with Crippen molar-refractivity contribution in [3.63, 3.8) is 0 Å². The minimum atomic E-state index is -0.984. The molecule has 1 N–H and O–H groups in total. The highest BCUT2D eigenvalue weighted by atomic mass is 35.5. The van der Waals surface area contributed by atoms with Gasteiger partial charge in [-0.3, -0.25) is 9.78 Å². The summed E-state index contributed by atoms with van der Waals surface area (Å²) in [7, 11) is 0. The average molecular weight is 392 g/mol. The summed E-state index contributed by atoms with van der Waals surface area (Å²) in [5.74, 6) is 0.832. The van der Waals surface area contributed by atoms with Crippen LogP contribution in [-0.4, -0.2) is 32.2 Å². The first kappa shape index (κ1) is 19.9. The van der Waals surface area contributed by atoms with Gasteiger partial charge < -0.3 is 10.1 Å². The summed E-state index contributed by atoms with van der Waals surface area (Å²) in [5, 5.41) is 12.1. The molecule has 0 saturated carbocycles. The van der Waals surface area contributed by atoms with Crippen molar-refractivity contribution < 1.29 is 9.53 Å². The zero-order valence-corrected chi connectivity index (χ0v) is 16.2. The zero-order valence-electron chi connectivity index (χ0n) is 14.6. The Kier molecular flexibility index (Phi) is 6.77. The van der Waals surface area contributed by atoms with E-state index in [1.165, 1.54) is 30.4 Å². The summed E-state index contributed by atoms with van der Waals surface area (Å²) in [5.41, 5.74) is -0.232. The number of ether oxygens (including phenoxy) is 1. The van der Waals surface area contributed by atoms with Crippen molar-refractivity contribution in [1.29, 1.82) is 5.26 Å². The van der Waals surface area contributed by atoms with Crippen LogP contribution < -0.4 is 10.1 Å². The number of nitrogens with one attached hydrogen (secondary N) is 1. The molecule has 0 aromatic carbocycles. The van der Waals surface area contributed by atoms with Crippen LogP contribution in [0.15, 0.2) is 29.6 Å². The van der Waals surface area contributed by atoms with E-state index in [0.29, 0.717) is 16.3 Å². The Labute approximate surface area is 161 Å². The fourth-order valence-corrected chi connectivity index (χ4v) is 2.92. The van der Waals surface area contributed by atoms with E-state index in [1.807, 2.05) is 6.92 Å². The van der Waals surface area contributed by atoms with Crippen molar-refractivity contribution in [1.82, 2.24) is 20.3 Å². The van der Waals surface area contributed by atoms with E-state index in [2.05, 4.69) is 26.3 Å². The van der Waals surface area contributed by atoms with Crippen LogP contribution in [0.4, 0.5) is 0 Å².